The number of rotatable bonds is 6. The summed E-state index contributed by atoms with van der Waals surface area (Å²) in [7, 11) is -1.81. The van der Waals surface area contributed by atoms with Gasteiger partial charge < -0.3 is 4.43 Å². The van der Waals surface area contributed by atoms with Crippen LogP contribution in [0.4, 0.5) is 0 Å². The SMILES string of the molecule is C[Si](C)(C)OC(Cc1ccccc1)(c1ccccc1)c1ccccc1. The van der Waals surface area contributed by atoms with Gasteiger partial charge >= 0.3 is 0 Å². The second-order valence-electron chi connectivity index (χ2n) is 7.44. The van der Waals surface area contributed by atoms with Crippen molar-refractivity contribution < 1.29 is 4.43 Å². The Morgan fingerprint density at radius 3 is 1.44 bits per heavy atom. The zero-order valence-corrected chi connectivity index (χ0v) is 16.3. The first-order valence-corrected chi connectivity index (χ1v) is 12.3. The van der Waals surface area contributed by atoms with Gasteiger partial charge in [-0.05, 0) is 36.3 Å². The Labute approximate surface area is 152 Å². The lowest BCUT2D eigenvalue weighted by molar-refractivity contribution is 0.102. The summed E-state index contributed by atoms with van der Waals surface area (Å²) in [5, 5.41) is 0. The average molecular weight is 347 g/mol. The molecule has 1 nitrogen and oxygen atoms in total. The molecule has 0 amide bonds. The zero-order chi connectivity index (χ0) is 17.8. The Morgan fingerprint density at radius 1 is 0.640 bits per heavy atom. The molecule has 0 saturated carbocycles. The van der Waals surface area contributed by atoms with E-state index < -0.39 is 13.9 Å². The first kappa shape index (κ1) is 17.7. The maximum absolute atomic E-state index is 6.94. The third-order valence-electron chi connectivity index (χ3n) is 4.26. The van der Waals surface area contributed by atoms with Crippen LogP contribution in [0.5, 0.6) is 0 Å². The second kappa shape index (κ2) is 7.38. The van der Waals surface area contributed by atoms with E-state index in [0.717, 1.165) is 6.42 Å². The summed E-state index contributed by atoms with van der Waals surface area (Å²) in [4.78, 5) is 0. The van der Waals surface area contributed by atoms with Crippen molar-refractivity contribution in [3.63, 3.8) is 0 Å². The van der Waals surface area contributed by atoms with Crippen LogP contribution in [0.15, 0.2) is 91.0 Å². The lowest BCUT2D eigenvalue weighted by Crippen LogP contribution is -2.43. The molecule has 0 heterocycles. The summed E-state index contributed by atoms with van der Waals surface area (Å²) in [6, 6.07) is 32.0. The molecule has 0 fully saturated rings. The first-order valence-electron chi connectivity index (χ1n) is 8.85. The van der Waals surface area contributed by atoms with Gasteiger partial charge in [-0.15, -0.1) is 0 Å². The van der Waals surface area contributed by atoms with E-state index in [1.807, 2.05) is 0 Å². The Hall–Kier alpha value is -2.16. The van der Waals surface area contributed by atoms with Crippen LogP contribution in [-0.4, -0.2) is 8.32 Å². The highest BCUT2D eigenvalue weighted by molar-refractivity contribution is 6.69. The van der Waals surface area contributed by atoms with Crippen LogP contribution in [-0.2, 0) is 16.4 Å². The van der Waals surface area contributed by atoms with Gasteiger partial charge in [0.25, 0.3) is 0 Å². The molecule has 0 aromatic heterocycles. The molecule has 3 aromatic carbocycles. The lowest BCUT2D eigenvalue weighted by Gasteiger charge is -2.40. The zero-order valence-electron chi connectivity index (χ0n) is 15.3. The highest BCUT2D eigenvalue weighted by Crippen LogP contribution is 2.39. The molecular weight excluding hydrogens is 320 g/mol. The van der Waals surface area contributed by atoms with Gasteiger partial charge in [-0.2, -0.15) is 0 Å². The molecule has 0 aliphatic heterocycles. The molecule has 0 saturated heterocycles. The van der Waals surface area contributed by atoms with Crippen LogP contribution in [0.1, 0.15) is 16.7 Å². The quantitative estimate of drug-likeness (QED) is 0.496. The molecule has 0 unspecified atom stereocenters. The predicted octanol–water partition coefficient (Wildman–Crippen LogP) is 6.02. The molecule has 0 bridgehead atoms. The largest absolute Gasteiger partial charge is 0.404 e. The van der Waals surface area contributed by atoms with Crippen LogP contribution < -0.4 is 0 Å². The van der Waals surface area contributed by atoms with Crippen molar-refractivity contribution in [2.75, 3.05) is 0 Å². The lowest BCUT2D eigenvalue weighted by atomic mass is 9.81. The van der Waals surface area contributed by atoms with Crippen molar-refractivity contribution in [1.82, 2.24) is 0 Å². The molecular formula is C23H26OSi. The Balaban J connectivity index is 2.19. The molecule has 0 aliphatic rings. The molecule has 0 N–H and O–H groups in total. The van der Waals surface area contributed by atoms with E-state index >= 15 is 0 Å². The fraction of sp³-hybridized carbons (Fsp3) is 0.217. The molecule has 2 heteroatoms. The Bertz CT molecular complexity index is 737. The van der Waals surface area contributed by atoms with Gasteiger partial charge in [0.1, 0.15) is 5.60 Å². The van der Waals surface area contributed by atoms with Gasteiger partial charge in [0, 0.05) is 6.42 Å². The van der Waals surface area contributed by atoms with Crippen LogP contribution >= 0.6 is 0 Å². The minimum Gasteiger partial charge on any atom is -0.404 e. The number of benzene rings is 3. The molecule has 0 spiro atoms. The van der Waals surface area contributed by atoms with E-state index in [9.17, 15) is 0 Å². The van der Waals surface area contributed by atoms with Gasteiger partial charge in [0.2, 0.25) is 0 Å². The maximum Gasteiger partial charge on any atom is 0.185 e. The third kappa shape index (κ3) is 4.27. The fourth-order valence-corrected chi connectivity index (χ4v) is 4.70. The van der Waals surface area contributed by atoms with Crippen molar-refractivity contribution in [2.24, 2.45) is 0 Å². The molecule has 3 aromatic rings. The monoisotopic (exact) mass is 346 g/mol. The molecule has 128 valence electrons. The minimum absolute atomic E-state index is 0.464. The van der Waals surface area contributed by atoms with Gasteiger partial charge in [-0.1, -0.05) is 91.0 Å². The summed E-state index contributed by atoms with van der Waals surface area (Å²) in [6.45, 7) is 6.79. The van der Waals surface area contributed by atoms with Gasteiger partial charge in [0.05, 0.1) is 0 Å². The first-order chi connectivity index (χ1) is 12.0. The van der Waals surface area contributed by atoms with Crippen LogP contribution in [0.25, 0.3) is 0 Å². The topological polar surface area (TPSA) is 9.23 Å². The van der Waals surface area contributed by atoms with Crippen molar-refractivity contribution in [2.45, 2.75) is 31.7 Å². The van der Waals surface area contributed by atoms with Crippen molar-refractivity contribution in [1.29, 1.82) is 0 Å². The summed E-state index contributed by atoms with van der Waals surface area (Å²) in [5.74, 6) is 0. The van der Waals surface area contributed by atoms with Gasteiger partial charge in [0.15, 0.2) is 8.32 Å². The highest BCUT2D eigenvalue weighted by Gasteiger charge is 2.39. The molecule has 25 heavy (non-hydrogen) atoms. The normalized spacial score (nSPS) is 12.1. The van der Waals surface area contributed by atoms with Crippen molar-refractivity contribution in [3.8, 4) is 0 Å². The number of hydrogen-bond donors (Lipinski definition) is 0. The maximum atomic E-state index is 6.94. The van der Waals surface area contributed by atoms with E-state index in [4.69, 9.17) is 4.43 Å². The van der Waals surface area contributed by atoms with Gasteiger partial charge in [-0.25, -0.2) is 0 Å². The van der Waals surface area contributed by atoms with Gasteiger partial charge in [-0.3, -0.25) is 0 Å². The second-order valence-corrected chi connectivity index (χ2v) is 11.9. The summed E-state index contributed by atoms with van der Waals surface area (Å²) < 4.78 is 6.94. The average Bonchev–Trinajstić information content (AvgIpc) is 2.62. The summed E-state index contributed by atoms with van der Waals surface area (Å²) >= 11 is 0. The predicted molar refractivity (Wildman–Crippen MR) is 108 cm³/mol. The Kier molecular flexibility index (Phi) is 5.21. The Morgan fingerprint density at radius 2 is 1.04 bits per heavy atom. The van der Waals surface area contributed by atoms with E-state index in [-0.39, 0.29) is 0 Å². The van der Waals surface area contributed by atoms with Crippen molar-refractivity contribution in [3.05, 3.63) is 108 Å². The molecule has 0 radical (unpaired) electrons. The summed E-state index contributed by atoms with van der Waals surface area (Å²) in [6.07, 6.45) is 0.826. The molecule has 0 atom stereocenters. The van der Waals surface area contributed by atoms with E-state index in [1.165, 1.54) is 16.7 Å². The van der Waals surface area contributed by atoms with Crippen molar-refractivity contribution >= 4 is 8.32 Å². The molecule has 0 aliphatic carbocycles. The smallest absolute Gasteiger partial charge is 0.185 e. The standard InChI is InChI=1S/C23H26OSi/c1-25(2,3)24-23(21-15-9-5-10-16-21,22-17-11-6-12-18-22)19-20-13-7-4-8-14-20/h4-18H,19H2,1-3H3. The summed E-state index contributed by atoms with van der Waals surface area (Å²) in [5.41, 5.74) is 3.25. The van der Waals surface area contributed by atoms with Crippen LogP contribution in [0.3, 0.4) is 0 Å². The van der Waals surface area contributed by atoms with E-state index in [1.54, 1.807) is 0 Å². The fourth-order valence-electron chi connectivity index (χ4n) is 3.35. The molecule has 3 rings (SSSR count). The minimum atomic E-state index is -1.81. The third-order valence-corrected chi connectivity index (χ3v) is 5.22. The van der Waals surface area contributed by atoms with Crippen LogP contribution in [0, 0.1) is 0 Å². The van der Waals surface area contributed by atoms with E-state index in [0.29, 0.717) is 0 Å². The van der Waals surface area contributed by atoms with Crippen LogP contribution in [0.2, 0.25) is 19.6 Å². The van der Waals surface area contributed by atoms with E-state index in [2.05, 4.69) is 111 Å². The highest BCUT2D eigenvalue weighted by atomic mass is 28.4. The number of hydrogen-bond acceptors (Lipinski definition) is 1.